The second-order valence-electron chi connectivity index (χ2n) is 4.85. The third-order valence-electron chi connectivity index (χ3n) is 3.39. The number of rotatable bonds is 1. The second kappa shape index (κ2) is 4.12. The van der Waals surface area contributed by atoms with Crippen molar-refractivity contribution in [3.63, 3.8) is 0 Å². The Morgan fingerprint density at radius 1 is 1.42 bits per heavy atom. The summed E-state index contributed by atoms with van der Waals surface area (Å²) >= 11 is 0. The van der Waals surface area contributed by atoms with E-state index in [4.69, 9.17) is 10.5 Å². The van der Waals surface area contributed by atoms with E-state index in [0.717, 1.165) is 33.7 Å². The second-order valence-corrected chi connectivity index (χ2v) is 4.85. The molecule has 0 radical (unpaired) electrons. The number of H-pyrrole nitrogens is 1. The van der Waals surface area contributed by atoms with Gasteiger partial charge in [-0.25, -0.2) is 0 Å². The van der Waals surface area contributed by atoms with E-state index >= 15 is 0 Å². The van der Waals surface area contributed by atoms with Crippen LogP contribution in [0.4, 0.5) is 0 Å². The number of carbonyl (C=O) groups excluding carboxylic acids is 1. The molecular formula is C14H15N3O2. The lowest BCUT2D eigenvalue weighted by Gasteiger charge is -2.11. The van der Waals surface area contributed by atoms with Crippen molar-refractivity contribution in [1.82, 2.24) is 10.2 Å². The number of nitrogens with two attached hydrogens (primary N) is 1. The molecule has 0 saturated heterocycles. The summed E-state index contributed by atoms with van der Waals surface area (Å²) in [6, 6.07) is 4.10. The number of amides is 1. The summed E-state index contributed by atoms with van der Waals surface area (Å²) in [6.07, 6.45) is 0.622. The van der Waals surface area contributed by atoms with E-state index in [-0.39, 0.29) is 0 Å². The van der Waals surface area contributed by atoms with E-state index in [1.54, 1.807) is 0 Å². The lowest BCUT2D eigenvalue weighted by atomic mass is 9.99. The fourth-order valence-electron chi connectivity index (χ4n) is 2.61. The van der Waals surface area contributed by atoms with Gasteiger partial charge in [0.25, 0.3) is 5.91 Å². The van der Waals surface area contributed by atoms with Crippen molar-refractivity contribution < 1.29 is 9.53 Å². The van der Waals surface area contributed by atoms with Crippen molar-refractivity contribution in [2.75, 3.05) is 6.61 Å². The Hall–Kier alpha value is -2.30. The Labute approximate surface area is 110 Å². The number of ether oxygens (including phenoxy) is 1. The topological polar surface area (TPSA) is 81.0 Å². The summed E-state index contributed by atoms with van der Waals surface area (Å²) < 4.78 is 5.80. The molecule has 1 aromatic heterocycles. The van der Waals surface area contributed by atoms with Crippen LogP contribution in [0.3, 0.4) is 0 Å². The summed E-state index contributed by atoms with van der Waals surface area (Å²) in [7, 11) is 0. The largest absolute Gasteiger partial charge is 0.492 e. The number of nitrogens with one attached hydrogen (secondary N) is 1. The highest BCUT2D eigenvalue weighted by Crippen LogP contribution is 2.38. The van der Waals surface area contributed by atoms with Crippen molar-refractivity contribution >= 4 is 5.91 Å². The van der Waals surface area contributed by atoms with Crippen molar-refractivity contribution in [2.24, 2.45) is 5.73 Å². The Morgan fingerprint density at radius 3 is 2.95 bits per heavy atom. The zero-order valence-electron chi connectivity index (χ0n) is 10.9. The van der Waals surface area contributed by atoms with Gasteiger partial charge in [-0.05, 0) is 31.0 Å². The van der Waals surface area contributed by atoms with Gasteiger partial charge in [0.15, 0.2) is 0 Å². The SMILES string of the molecule is Cc1cc(C)c2c(c1)-c1n[nH]c(C(N)=O)c1CCO2. The van der Waals surface area contributed by atoms with Crippen LogP contribution in [-0.2, 0) is 6.42 Å². The molecule has 0 bridgehead atoms. The first kappa shape index (κ1) is 11.8. The van der Waals surface area contributed by atoms with Gasteiger partial charge < -0.3 is 10.5 Å². The summed E-state index contributed by atoms with van der Waals surface area (Å²) in [5, 5.41) is 7.00. The minimum Gasteiger partial charge on any atom is -0.492 e. The number of fused-ring (bicyclic) bond motifs is 3. The number of benzene rings is 1. The van der Waals surface area contributed by atoms with E-state index in [1.165, 1.54) is 0 Å². The van der Waals surface area contributed by atoms with Crippen LogP contribution in [0.5, 0.6) is 5.75 Å². The molecular weight excluding hydrogens is 242 g/mol. The predicted octanol–water partition coefficient (Wildman–Crippen LogP) is 1.73. The molecule has 1 amide bonds. The number of hydrogen-bond acceptors (Lipinski definition) is 3. The molecule has 0 unspecified atom stereocenters. The molecule has 3 rings (SSSR count). The van der Waals surface area contributed by atoms with Crippen LogP contribution in [0.15, 0.2) is 12.1 Å². The quantitative estimate of drug-likeness (QED) is 0.816. The average molecular weight is 257 g/mol. The van der Waals surface area contributed by atoms with Crippen LogP contribution in [0.1, 0.15) is 27.2 Å². The van der Waals surface area contributed by atoms with Gasteiger partial charge in [-0.2, -0.15) is 5.10 Å². The maximum absolute atomic E-state index is 11.4. The Bertz CT molecular complexity index is 674. The molecule has 5 heteroatoms. The number of aromatic nitrogens is 2. The molecule has 5 nitrogen and oxygen atoms in total. The molecule has 1 aromatic carbocycles. The molecule has 2 aromatic rings. The monoisotopic (exact) mass is 257 g/mol. The van der Waals surface area contributed by atoms with Gasteiger partial charge in [-0.3, -0.25) is 9.89 Å². The zero-order chi connectivity index (χ0) is 13.6. The zero-order valence-corrected chi connectivity index (χ0v) is 10.9. The van der Waals surface area contributed by atoms with Crippen molar-refractivity contribution in [3.05, 3.63) is 34.5 Å². The first-order valence-corrected chi connectivity index (χ1v) is 6.19. The first-order valence-electron chi connectivity index (χ1n) is 6.19. The van der Waals surface area contributed by atoms with Gasteiger partial charge in [0, 0.05) is 17.5 Å². The van der Waals surface area contributed by atoms with Crippen molar-refractivity contribution in [3.8, 4) is 17.0 Å². The maximum Gasteiger partial charge on any atom is 0.267 e. The molecule has 3 N–H and O–H groups in total. The van der Waals surface area contributed by atoms with Crippen LogP contribution in [-0.4, -0.2) is 22.7 Å². The standard InChI is InChI=1S/C14H15N3O2/c1-7-5-8(2)13-10(6-7)11-9(3-4-19-13)12(14(15)18)17-16-11/h5-6H,3-4H2,1-2H3,(H2,15,18)(H,16,17). The van der Waals surface area contributed by atoms with E-state index in [9.17, 15) is 4.79 Å². The molecule has 0 aliphatic carbocycles. The summed E-state index contributed by atoms with van der Waals surface area (Å²) in [6.45, 7) is 4.56. The summed E-state index contributed by atoms with van der Waals surface area (Å²) in [5.41, 5.74) is 10.5. The van der Waals surface area contributed by atoms with Crippen LogP contribution in [0, 0.1) is 13.8 Å². The number of primary amides is 1. The Morgan fingerprint density at radius 2 is 2.21 bits per heavy atom. The fraction of sp³-hybridized carbons (Fsp3) is 0.286. The van der Waals surface area contributed by atoms with Crippen LogP contribution in [0.25, 0.3) is 11.3 Å². The normalized spacial score (nSPS) is 13.2. The third kappa shape index (κ3) is 1.78. The Kier molecular flexibility index (Phi) is 2.55. The van der Waals surface area contributed by atoms with Crippen molar-refractivity contribution in [2.45, 2.75) is 20.3 Å². The number of aromatic amines is 1. The fourth-order valence-corrected chi connectivity index (χ4v) is 2.61. The summed E-state index contributed by atoms with van der Waals surface area (Å²) in [5.74, 6) is 0.355. The van der Waals surface area contributed by atoms with Crippen LogP contribution >= 0.6 is 0 Å². The van der Waals surface area contributed by atoms with Crippen LogP contribution in [0.2, 0.25) is 0 Å². The molecule has 0 saturated carbocycles. The van der Waals surface area contributed by atoms with Gasteiger partial charge in [0.1, 0.15) is 11.4 Å². The lowest BCUT2D eigenvalue weighted by molar-refractivity contribution is 0.0994. The smallest absolute Gasteiger partial charge is 0.267 e. The first-order chi connectivity index (χ1) is 9.08. The number of carbonyl (C=O) groups is 1. The van der Waals surface area contributed by atoms with Gasteiger partial charge in [-0.15, -0.1) is 0 Å². The van der Waals surface area contributed by atoms with Gasteiger partial charge in [-0.1, -0.05) is 6.07 Å². The highest BCUT2D eigenvalue weighted by molar-refractivity contribution is 5.94. The minimum atomic E-state index is -0.485. The molecule has 0 atom stereocenters. The van der Waals surface area contributed by atoms with E-state index in [2.05, 4.69) is 16.3 Å². The number of aryl methyl sites for hydroxylation is 2. The minimum absolute atomic E-state index is 0.380. The van der Waals surface area contributed by atoms with Gasteiger partial charge in [0.2, 0.25) is 0 Å². The molecule has 98 valence electrons. The maximum atomic E-state index is 11.4. The molecule has 19 heavy (non-hydrogen) atoms. The van der Waals surface area contributed by atoms with E-state index < -0.39 is 5.91 Å². The average Bonchev–Trinajstić information content (AvgIpc) is 2.67. The molecule has 2 heterocycles. The van der Waals surface area contributed by atoms with Gasteiger partial charge >= 0.3 is 0 Å². The van der Waals surface area contributed by atoms with E-state index in [1.807, 2.05) is 19.9 Å². The molecule has 0 spiro atoms. The predicted molar refractivity (Wildman–Crippen MR) is 71.2 cm³/mol. The Balaban J connectivity index is 2.28. The third-order valence-corrected chi connectivity index (χ3v) is 3.39. The summed E-state index contributed by atoms with van der Waals surface area (Å²) in [4.78, 5) is 11.4. The number of hydrogen-bond donors (Lipinski definition) is 2. The van der Waals surface area contributed by atoms with Crippen molar-refractivity contribution in [1.29, 1.82) is 0 Å². The van der Waals surface area contributed by atoms with Crippen LogP contribution < -0.4 is 10.5 Å². The highest BCUT2D eigenvalue weighted by atomic mass is 16.5. The van der Waals surface area contributed by atoms with E-state index in [0.29, 0.717) is 18.7 Å². The highest BCUT2D eigenvalue weighted by Gasteiger charge is 2.24. The number of nitrogens with zero attached hydrogens (tertiary/aromatic N) is 1. The lowest BCUT2D eigenvalue weighted by Crippen LogP contribution is -2.14. The van der Waals surface area contributed by atoms with Gasteiger partial charge in [0.05, 0.1) is 12.3 Å². The molecule has 0 fully saturated rings. The molecule has 1 aliphatic rings. The molecule has 1 aliphatic heterocycles.